The maximum Gasteiger partial charge on any atom is 0.314 e. The van der Waals surface area contributed by atoms with Gasteiger partial charge in [0.25, 0.3) is 0 Å². The largest absolute Gasteiger partial charge is 0.373 e. The van der Waals surface area contributed by atoms with E-state index in [1.165, 1.54) is 0 Å². The number of rotatable bonds is 5. The molecule has 2 aliphatic rings. The van der Waals surface area contributed by atoms with E-state index < -0.39 is 9.84 Å². The molecule has 0 aromatic rings. The highest BCUT2D eigenvalue weighted by molar-refractivity contribution is 7.91. The number of hydrogen-bond donors (Lipinski definition) is 2. The number of nitrogens with one attached hydrogen (secondary N) is 2. The number of morpholine rings is 1. The van der Waals surface area contributed by atoms with Gasteiger partial charge in [0.1, 0.15) is 0 Å². The van der Waals surface area contributed by atoms with Crippen LogP contribution in [0.15, 0.2) is 0 Å². The van der Waals surface area contributed by atoms with Gasteiger partial charge in [0.2, 0.25) is 0 Å². The van der Waals surface area contributed by atoms with E-state index in [4.69, 9.17) is 4.74 Å². The Labute approximate surface area is 132 Å². The fourth-order valence-electron chi connectivity index (χ4n) is 3.13. The summed E-state index contributed by atoms with van der Waals surface area (Å²) in [6.45, 7) is 7.67. The van der Waals surface area contributed by atoms with E-state index >= 15 is 0 Å². The van der Waals surface area contributed by atoms with Crippen LogP contribution in [0.2, 0.25) is 0 Å². The third-order valence-electron chi connectivity index (χ3n) is 4.09. The molecule has 0 unspecified atom stereocenters. The molecule has 2 aliphatic heterocycles. The molecular weight excluding hydrogens is 306 g/mol. The molecule has 0 radical (unpaired) electrons. The predicted molar refractivity (Wildman–Crippen MR) is 84.6 cm³/mol. The zero-order valence-electron chi connectivity index (χ0n) is 13.4. The minimum atomic E-state index is -2.88. The summed E-state index contributed by atoms with van der Waals surface area (Å²) in [5.41, 5.74) is 0. The topological polar surface area (TPSA) is 87.7 Å². The zero-order chi connectivity index (χ0) is 16.2. The highest BCUT2D eigenvalue weighted by atomic mass is 32.2. The SMILES string of the molecule is C[C@@H]1CN(CCNC(=O)NC[C@@H]2CCS(=O)(=O)C2)C[C@H](C)O1. The number of urea groups is 1. The van der Waals surface area contributed by atoms with Gasteiger partial charge in [0.15, 0.2) is 9.84 Å². The maximum absolute atomic E-state index is 11.7. The van der Waals surface area contributed by atoms with Gasteiger partial charge in [-0.2, -0.15) is 0 Å². The smallest absolute Gasteiger partial charge is 0.314 e. The van der Waals surface area contributed by atoms with E-state index in [1.54, 1.807) is 0 Å². The van der Waals surface area contributed by atoms with Crippen LogP contribution < -0.4 is 10.6 Å². The minimum Gasteiger partial charge on any atom is -0.373 e. The Morgan fingerprint density at radius 2 is 1.91 bits per heavy atom. The van der Waals surface area contributed by atoms with Crippen LogP contribution in [0.1, 0.15) is 20.3 Å². The Kier molecular flexibility index (Phi) is 6.05. The summed E-state index contributed by atoms with van der Waals surface area (Å²) in [5.74, 6) is 0.488. The minimum absolute atomic E-state index is 0.0525. The van der Waals surface area contributed by atoms with E-state index in [0.29, 0.717) is 19.5 Å². The van der Waals surface area contributed by atoms with Gasteiger partial charge in [-0.1, -0.05) is 0 Å². The van der Waals surface area contributed by atoms with Gasteiger partial charge in [0.05, 0.1) is 23.7 Å². The van der Waals surface area contributed by atoms with Crippen LogP contribution in [-0.4, -0.2) is 75.8 Å². The predicted octanol–water partition coefficient (Wildman–Crippen LogP) is -0.170. The molecule has 2 rings (SSSR count). The van der Waals surface area contributed by atoms with Crippen molar-refractivity contribution in [2.75, 3.05) is 44.2 Å². The lowest BCUT2D eigenvalue weighted by molar-refractivity contribution is -0.0672. The van der Waals surface area contributed by atoms with Crippen LogP contribution in [0.4, 0.5) is 4.79 Å². The number of ether oxygens (including phenoxy) is 1. The average molecular weight is 333 g/mol. The number of amides is 2. The lowest BCUT2D eigenvalue weighted by Gasteiger charge is -2.35. The van der Waals surface area contributed by atoms with Crippen LogP contribution in [-0.2, 0) is 14.6 Å². The monoisotopic (exact) mass is 333 g/mol. The van der Waals surface area contributed by atoms with Gasteiger partial charge in [-0.25, -0.2) is 13.2 Å². The van der Waals surface area contributed by atoms with Gasteiger partial charge in [-0.05, 0) is 26.2 Å². The number of carbonyl (C=O) groups excluding carboxylic acids is 1. The van der Waals surface area contributed by atoms with Gasteiger partial charge in [-0.15, -0.1) is 0 Å². The van der Waals surface area contributed by atoms with E-state index in [-0.39, 0.29) is 35.7 Å². The van der Waals surface area contributed by atoms with Crippen LogP contribution in [0.3, 0.4) is 0 Å². The van der Waals surface area contributed by atoms with Crippen LogP contribution in [0, 0.1) is 5.92 Å². The highest BCUT2D eigenvalue weighted by Gasteiger charge is 2.28. The summed E-state index contributed by atoms with van der Waals surface area (Å²) in [4.78, 5) is 14.0. The lowest BCUT2D eigenvalue weighted by atomic mass is 10.1. The summed E-state index contributed by atoms with van der Waals surface area (Å²) < 4.78 is 28.3. The van der Waals surface area contributed by atoms with E-state index in [2.05, 4.69) is 29.4 Å². The molecule has 128 valence electrons. The molecule has 0 aromatic heterocycles. The first-order valence-corrected chi connectivity index (χ1v) is 9.76. The molecule has 22 heavy (non-hydrogen) atoms. The number of sulfone groups is 1. The average Bonchev–Trinajstić information content (AvgIpc) is 2.75. The molecule has 3 atom stereocenters. The van der Waals surface area contributed by atoms with Gasteiger partial charge in [-0.3, -0.25) is 4.90 Å². The van der Waals surface area contributed by atoms with Crippen molar-refractivity contribution < 1.29 is 17.9 Å². The van der Waals surface area contributed by atoms with E-state index in [1.807, 2.05) is 0 Å². The van der Waals surface area contributed by atoms with Crippen molar-refractivity contribution in [3.05, 3.63) is 0 Å². The Morgan fingerprint density at radius 1 is 1.23 bits per heavy atom. The summed E-state index contributed by atoms with van der Waals surface area (Å²) in [6.07, 6.45) is 1.09. The molecule has 2 N–H and O–H groups in total. The Balaban J connectivity index is 1.58. The number of carbonyl (C=O) groups is 1. The van der Waals surface area contributed by atoms with E-state index in [9.17, 15) is 13.2 Å². The molecule has 0 aliphatic carbocycles. The Hall–Kier alpha value is -0.860. The van der Waals surface area contributed by atoms with E-state index in [0.717, 1.165) is 19.6 Å². The molecule has 2 amide bonds. The van der Waals surface area contributed by atoms with Crippen molar-refractivity contribution >= 4 is 15.9 Å². The molecule has 0 saturated carbocycles. The first-order chi connectivity index (χ1) is 10.3. The van der Waals surface area contributed by atoms with Crippen molar-refractivity contribution in [3.8, 4) is 0 Å². The second-order valence-electron chi connectivity index (χ2n) is 6.42. The van der Waals surface area contributed by atoms with Crippen molar-refractivity contribution in [2.24, 2.45) is 5.92 Å². The molecule has 7 nitrogen and oxygen atoms in total. The summed E-state index contributed by atoms with van der Waals surface area (Å²) in [6, 6.07) is -0.223. The van der Waals surface area contributed by atoms with Crippen molar-refractivity contribution in [3.63, 3.8) is 0 Å². The molecule has 8 heteroatoms. The Bertz CT molecular complexity index is 472. The number of hydrogen-bond acceptors (Lipinski definition) is 5. The quantitative estimate of drug-likeness (QED) is 0.729. The van der Waals surface area contributed by atoms with Gasteiger partial charge in [0, 0.05) is 32.7 Å². The second kappa shape index (κ2) is 7.61. The second-order valence-corrected chi connectivity index (χ2v) is 8.65. The van der Waals surface area contributed by atoms with Crippen LogP contribution in [0.5, 0.6) is 0 Å². The summed E-state index contributed by atoms with van der Waals surface area (Å²) in [7, 11) is -2.88. The first-order valence-electron chi connectivity index (χ1n) is 7.94. The molecule has 2 heterocycles. The number of nitrogens with zero attached hydrogens (tertiary/aromatic N) is 1. The van der Waals surface area contributed by atoms with Crippen molar-refractivity contribution in [1.82, 2.24) is 15.5 Å². The normalized spacial score (nSPS) is 31.8. The molecule has 0 aromatic carbocycles. The third-order valence-corrected chi connectivity index (χ3v) is 5.92. The van der Waals surface area contributed by atoms with Crippen molar-refractivity contribution in [2.45, 2.75) is 32.5 Å². The van der Waals surface area contributed by atoms with Crippen LogP contribution >= 0.6 is 0 Å². The summed E-state index contributed by atoms with van der Waals surface area (Å²) >= 11 is 0. The van der Waals surface area contributed by atoms with Crippen molar-refractivity contribution in [1.29, 1.82) is 0 Å². The standard InChI is InChI=1S/C14H27N3O4S/c1-11-8-17(9-12(2)21-11)5-4-15-14(18)16-7-13-3-6-22(19,20)10-13/h11-13H,3-10H2,1-2H3,(H2,15,16,18)/t11-,12+,13-/m0/s1. The third kappa shape index (κ3) is 5.73. The molecule has 2 saturated heterocycles. The summed E-state index contributed by atoms with van der Waals surface area (Å²) in [5, 5.41) is 5.58. The highest BCUT2D eigenvalue weighted by Crippen LogP contribution is 2.17. The molecule has 2 fully saturated rings. The molecule has 0 spiro atoms. The lowest BCUT2D eigenvalue weighted by Crippen LogP contribution is -2.48. The van der Waals surface area contributed by atoms with Gasteiger partial charge < -0.3 is 15.4 Å². The zero-order valence-corrected chi connectivity index (χ0v) is 14.2. The van der Waals surface area contributed by atoms with Crippen LogP contribution in [0.25, 0.3) is 0 Å². The fourth-order valence-corrected chi connectivity index (χ4v) is 4.99. The first kappa shape index (κ1) is 17.5. The van der Waals surface area contributed by atoms with Gasteiger partial charge >= 0.3 is 6.03 Å². The molecule has 0 bridgehead atoms. The maximum atomic E-state index is 11.7. The molecular formula is C14H27N3O4S. The fraction of sp³-hybridized carbons (Fsp3) is 0.929. The Morgan fingerprint density at radius 3 is 2.50 bits per heavy atom.